The van der Waals surface area contributed by atoms with Gasteiger partial charge < -0.3 is 9.84 Å². The minimum Gasteiger partial charge on any atom is -0.412 e. The first-order valence-corrected chi connectivity index (χ1v) is 7.90. The van der Waals surface area contributed by atoms with Crippen molar-refractivity contribution in [3.63, 3.8) is 0 Å². The second-order valence-electron chi connectivity index (χ2n) is 6.18. The van der Waals surface area contributed by atoms with Gasteiger partial charge in [-0.15, -0.1) is 11.3 Å². The molecule has 1 atom stereocenters. The molecule has 0 bridgehead atoms. The number of hydrogen-bond acceptors (Lipinski definition) is 5. The van der Waals surface area contributed by atoms with E-state index in [1.165, 1.54) is 41.4 Å². The van der Waals surface area contributed by atoms with Crippen LogP contribution in [0.2, 0.25) is 0 Å². The molecular weight excluding hydrogens is 319 g/mol. The van der Waals surface area contributed by atoms with Crippen molar-refractivity contribution in [1.82, 2.24) is 4.98 Å². The number of anilines is 1. The Hall–Kier alpha value is -1.99. The Morgan fingerprint density at radius 3 is 2.57 bits per heavy atom. The van der Waals surface area contributed by atoms with E-state index in [4.69, 9.17) is 4.74 Å². The Bertz CT molecular complexity index is 681. The zero-order chi connectivity index (χ0) is 17.3. The van der Waals surface area contributed by atoms with E-state index < -0.39 is 23.2 Å². The Labute approximate surface area is 138 Å². The zero-order valence-electron chi connectivity index (χ0n) is 13.4. The van der Waals surface area contributed by atoms with Crippen molar-refractivity contribution in [2.75, 3.05) is 4.90 Å². The molecule has 23 heavy (non-hydrogen) atoms. The fraction of sp³-hybridized carbons (Fsp3) is 0.375. The number of carbonyl (C=O) groups excluding carboxylic acids is 1. The van der Waals surface area contributed by atoms with E-state index in [1.807, 2.05) is 20.8 Å². The normalized spacial score (nSPS) is 14.2. The highest BCUT2D eigenvalue weighted by Crippen LogP contribution is 2.30. The van der Waals surface area contributed by atoms with E-state index >= 15 is 0 Å². The monoisotopic (exact) mass is 338 g/mol. The average Bonchev–Trinajstić information content (AvgIpc) is 2.90. The van der Waals surface area contributed by atoms with Crippen molar-refractivity contribution in [3.8, 4) is 0 Å². The van der Waals surface area contributed by atoms with E-state index in [1.54, 1.807) is 11.6 Å². The van der Waals surface area contributed by atoms with E-state index in [9.17, 15) is 14.3 Å². The summed E-state index contributed by atoms with van der Waals surface area (Å²) in [6, 6.07) is 5.30. The molecule has 1 aromatic carbocycles. The molecule has 1 aromatic heterocycles. The lowest BCUT2D eigenvalue weighted by atomic mass is 10.1. The summed E-state index contributed by atoms with van der Waals surface area (Å²) in [6.07, 6.45) is 0.818. The number of hydrogen-bond donors (Lipinski definition) is 1. The van der Waals surface area contributed by atoms with Gasteiger partial charge in [0.25, 0.3) is 0 Å². The number of rotatable bonds is 3. The van der Waals surface area contributed by atoms with Crippen LogP contribution in [0.5, 0.6) is 0 Å². The summed E-state index contributed by atoms with van der Waals surface area (Å²) in [5.74, 6) is -2.48. The highest BCUT2D eigenvalue weighted by atomic mass is 32.1. The summed E-state index contributed by atoms with van der Waals surface area (Å²) in [5.41, 5.74) is -0.453. The SMILES string of the molecule is CC(O)(OC(=O)N(c1nccs1)C(C)(C)C)c1cccc(F)c1. The molecular formula is C16H19FN2O3S. The van der Waals surface area contributed by atoms with E-state index in [-0.39, 0.29) is 5.56 Å². The fourth-order valence-corrected chi connectivity index (χ4v) is 2.84. The standard InChI is InChI=1S/C16H19FN2O3S/c1-15(2,3)19(13-18-8-9-23-13)14(20)22-16(4,21)11-6-5-7-12(17)10-11/h5-10,21H,1-4H3. The Morgan fingerprint density at radius 1 is 1.35 bits per heavy atom. The van der Waals surface area contributed by atoms with Crippen LogP contribution in [-0.4, -0.2) is 21.7 Å². The third-order valence-corrected chi connectivity index (χ3v) is 3.87. The molecule has 2 rings (SSSR count). The van der Waals surface area contributed by atoms with Crippen molar-refractivity contribution in [2.24, 2.45) is 0 Å². The molecule has 124 valence electrons. The third kappa shape index (κ3) is 4.05. The lowest BCUT2D eigenvalue weighted by Gasteiger charge is -2.35. The first kappa shape index (κ1) is 17.4. The smallest absolute Gasteiger partial charge is 0.412 e. The highest BCUT2D eigenvalue weighted by Gasteiger charge is 2.37. The molecule has 0 aliphatic heterocycles. The molecule has 5 nitrogen and oxygen atoms in total. The third-order valence-electron chi connectivity index (χ3n) is 3.11. The van der Waals surface area contributed by atoms with Crippen molar-refractivity contribution in [2.45, 2.75) is 39.0 Å². The second-order valence-corrected chi connectivity index (χ2v) is 7.06. The summed E-state index contributed by atoms with van der Waals surface area (Å²) in [6.45, 7) is 6.77. The van der Waals surface area contributed by atoms with Crippen LogP contribution in [0.1, 0.15) is 33.3 Å². The molecule has 0 spiro atoms. The average molecular weight is 338 g/mol. The van der Waals surface area contributed by atoms with E-state index in [0.717, 1.165) is 6.07 Å². The number of thiazole rings is 1. The number of aliphatic hydroxyl groups is 1. The Balaban J connectivity index is 2.28. The van der Waals surface area contributed by atoms with Crippen molar-refractivity contribution >= 4 is 22.6 Å². The number of carbonyl (C=O) groups is 1. The number of amides is 1. The van der Waals surface area contributed by atoms with Crippen LogP contribution < -0.4 is 4.90 Å². The van der Waals surface area contributed by atoms with Crippen LogP contribution in [0.3, 0.4) is 0 Å². The van der Waals surface area contributed by atoms with Gasteiger partial charge in [-0.05, 0) is 32.9 Å². The van der Waals surface area contributed by atoms with Crippen LogP contribution in [0.25, 0.3) is 0 Å². The first-order chi connectivity index (χ1) is 10.6. The van der Waals surface area contributed by atoms with Gasteiger partial charge in [-0.3, -0.25) is 0 Å². The van der Waals surface area contributed by atoms with Crippen LogP contribution in [0.15, 0.2) is 35.8 Å². The molecule has 1 N–H and O–H groups in total. The molecule has 1 unspecified atom stereocenters. The molecule has 0 fully saturated rings. The van der Waals surface area contributed by atoms with Gasteiger partial charge in [0.15, 0.2) is 5.13 Å². The summed E-state index contributed by atoms with van der Waals surface area (Å²) in [4.78, 5) is 18.1. The van der Waals surface area contributed by atoms with Gasteiger partial charge >= 0.3 is 6.09 Å². The predicted octanol–water partition coefficient (Wildman–Crippen LogP) is 3.89. The summed E-state index contributed by atoms with van der Waals surface area (Å²) < 4.78 is 18.6. The van der Waals surface area contributed by atoms with E-state index in [0.29, 0.717) is 5.13 Å². The molecule has 0 saturated carbocycles. The van der Waals surface area contributed by atoms with Crippen molar-refractivity contribution in [3.05, 3.63) is 47.2 Å². The molecule has 0 aliphatic rings. The molecule has 2 aromatic rings. The Kier molecular flexibility index (Phi) is 4.72. The van der Waals surface area contributed by atoms with Gasteiger partial charge in [0, 0.05) is 29.6 Å². The maximum Gasteiger partial charge on any atom is 0.419 e. The quantitative estimate of drug-likeness (QED) is 0.863. The van der Waals surface area contributed by atoms with Gasteiger partial charge in [-0.2, -0.15) is 0 Å². The molecule has 0 saturated heterocycles. The fourth-order valence-electron chi connectivity index (χ4n) is 2.02. The van der Waals surface area contributed by atoms with Crippen LogP contribution in [0, 0.1) is 5.82 Å². The van der Waals surface area contributed by atoms with Gasteiger partial charge in [0.05, 0.1) is 0 Å². The lowest BCUT2D eigenvalue weighted by molar-refractivity contribution is -0.153. The molecule has 1 amide bonds. The topological polar surface area (TPSA) is 62.7 Å². The number of aromatic nitrogens is 1. The summed E-state index contributed by atoms with van der Waals surface area (Å²) >= 11 is 1.28. The molecule has 0 aliphatic carbocycles. The van der Waals surface area contributed by atoms with Crippen LogP contribution >= 0.6 is 11.3 Å². The minimum atomic E-state index is -1.96. The highest BCUT2D eigenvalue weighted by molar-refractivity contribution is 7.13. The predicted molar refractivity (Wildman–Crippen MR) is 86.8 cm³/mol. The second kappa shape index (κ2) is 6.25. The number of nitrogens with zero attached hydrogens (tertiary/aromatic N) is 2. The summed E-state index contributed by atoms with van der Waals surface area (Å²) in [5, 5.41) is 12.6. The number of halogens is 1. The summed E-state index contributed by atoms with van der Waals surface area (Å²) in [7, 11) is 0. The molecule has 1 heterocycles. The van der Waals surface area contributed by atoms with Crippen LogP contribution in [0.4, 0.5) is 14.3 Å². The van der Waals surface area contributed by atoms with Gasteiger partial charge in [0.2, 0.25) is 5.79 Å². The molecule has 0 radical (unpaired) electrons. The van der Waals surface area contributed by atoms with Gasteiger partial charge in [-0.25, -0.2) is 19.1 Å². The number of ether oxygens (including phenoxy) is 1. The largest absolute Gasteiger partial charge is 0.419 e. The lowest BCUT2D eigenvalue weighted by Crippen LogP contribution is -2.48. The molecule has 7 heteroatoms. The van der Waals surface area contributed by atoms with Gasteiger partial charge in [-0.1, -0.05) is 12.1 Å². The Morgan fingerprint density at radius 2 is 2.04 bits per heavy atom. The number of benzene rings is 1. The zero-order valence-corrected chi connectivity index (χ0v) is 14.2. The van der Waals surface area contributed by atoms with Gasteiger partial charge in [0.1, 0.15) is 5.82 Å². The first-order valence-electron chi connectivity index (χ1n) is 7.02. The maximum atomic E-state index is 13.3. The van der Waals surface area contributed by atoms with Crippen molar-refractivity contribution in [1.29, 1.82) is 0 Å². The maximum absolute atomic E-state index is 13.3. The minimum absolute atomic E-state index is 0.152. The van der Waals surface area contributed by atoms with Crippen molar-refractivity contribution < 1.29 is 19.0 Å². The van der Waals surface area contributed by atoms with E-state index in [2.05, 4.69) is 4.98 Å². The van der Waals surface area contributed by atoms with Crippen LogP contribution in [-0.2, 0) is 10.5 Å².